The van der Waals surface area contributed by atoms with Gasteiger partial charge in [0, 0.05) is 5.56 Å². The summed E-state index contributed by atoms with van der Waals surface area (Å²) < 4.78 is 38.2. The van der Waals surface area contributed by atoms with Crippen molar-refractivity contribution in [2.75, 3.05) is 7.11 Å². The number of methoxy groups -OCH3 is 1. The summed E-state index contributed by atoms with van der Waals surface area (Å²) in [6.07, 6.45) is 0.264. The lowest BCUT2D eigenvalue weighted by Gasteiger charge is -2.19. The van der Waals surface area contributed by atoms with E-state index in [2.05, 4.69) is 4.72 Å². The summed E-state index contributed by atoms with van der Waals surface area (Å²) in [6.45, 7) is 5.20. The molecule has 0 heterocycles. The Morgan fingerprint density at radius 2 is 1.52 bits per heavy atom. The highest BCUT2D eigenvalue weighted by Gasteiger charge is 2.28. The van der Waals surface area contributed by atoms with E-state index < -0.39 is 22.0 Å². The zero-order chi connectivity index (χ0) is 21.6. The summed E-state index contributed by atoms with van der Waals surface area (Å²) in [5.74, 6) is -0.0149. The van der Waals surface area contributed by atoms with Crippen molar-refractivity contribution in [1.82, 2.24) is 4.72 Å². The second-order valence-corrected chi connectivity index (χ2v) is 8.69. The van der Waals surface area contributed by atoms with Crippen LogP contribution in [0.2, 0.25) is 0 Å². The van der Waals surface area contributed by atoms with Crippen LogP contribution < -0.4 is 14.2 Å². The fraction of sp³-hybridized carbons (Fsp3) is 0.333. The molecule has 1 N–H and O–H groups in total. The second-order valence-electron chi connectivity index (χ2n) is 6.98. The van der Waals surface area contributed by atoms with Crippen molar-refractivity contribution in [2.45, 2.75) is 38.1 Å². The molecule has 2 aromatic rings. The Labute approximate surface area is 171 Å². The molecule has 0 saturated carbocycles. The number of benzene rings is 2. The summed E-state index contributed by atoms with van der Waals surface area (Å²) in [5, 5.41) is 0. The highest BCUT2D eigenvalue weighted by Crippen LogP contribution is 2.19. The van der Waals surface area contributed by atoms with Gasteiger partial charge in [0.25, 0.3) is 0 Å². The maximum Gasteiger partial charge on any atom is 0.329 e. The number of ether oxygens (including phenoxy) is 2. The lowest BCUT2D eigenvalue weighted by molar-refractivity contribution is -0.136. The van der Waals surface area contributed by atoms with Gasteiger partial charge >= 0.3 is 5.97 Å². The summed E-state index contributed by atoms with van der Waals surface area (Å²) in [4.78, 5) is 24.0. The summed E-state index contributed by atoms with van der Waals surface area (Å²) in [7, 11) is -2.45. The zero-order valence-corrected chi connectivity index (χ0v) is 17.7. The van der Waals surface area contributed by atoms with Crippen molar-refractivity contribution < 1.29 is 27.5 Å². The molecular weight excluding hydrogens is 394 g/mol. The van der Waals surface area contributed by atoms with Crippen molar-refractivity contribution in [3.05, 3.63) is 54.1 Å². The van der Waals surface area contributed by atoms with E-state index in [-0.39, 0.29) is 28.8 Å². The Balaban J connectivity index is 2.18. The minimum Gasteiger partial charge on any atom is -0.497 e. The van der Waals surface area contributed by atoms with Crippen LogP contribution >= 0.6 is 0 Å². The monoisotopic (exact) mass is 419 g/mol. The fourth-order valence-corrected chi connectivity index (χ4v) is 3.82. The van der Waals surface area contributed by atoms with Gasteiger partial charge in [-0.05, 0) is 67.8 Å². The van der Waals surface area contributed by atoms with Crippen LogP contribution in [0.15, 0.2) is 53.4 Å². The molecule has 0 spiro atoms. The highest BCUT2D eigenvalue weighted by atomic mass is 32.2. The molecule has 2 rings (SSSR count). The predicted molar refractivity (Wildman–Crippen MR) is 109 cm³/mol. The van der Waals surface area contributed by atoms with Gasteiger partial charge in [0.2, 0.25) is 10.0 Å². The van der Waals surface area contributed by atoms with Crippen LogP contribution in [0, 0.1) is 5.92 Å². The van der Waals surface area contributed by atoms with E-state index in [4.69, 9.17) is 9.47 Å². The zero-order valence-electron chi connectivity index (χ0n) is 16.8. The van der Waals surface area contributed by atoms with Crippen molar-refractivity contribution >= 4 is 21.8 Å². The molecule has 0 amide bonds. The largest absolute Gasteiger partial charge is 0.497 e. The standard InChI is InChI=1S/C21H25NO6S/c1-14(2)13-20(21(24)28-18-7-5-16(6-8-18)15(3)23)22-29(25,26)19-11-9-17(27-4)10-12-19/h5-12,14,20,22H,13H2,1-4H3/t20-/m1/s1. The Kier molecular flexibility index (Phi) is 7.53. The predicted octanol–water partition coefficient (Wildman–Crippen LogP) is 3.20. The Hall–Kier alpha value is -2.71. The number of hydrogen-bond donors (Lipinski definition) is 1. The maximum absolute atomic E-state index is 12.7. The number of sulfonamides is 1. The van der Waals surface area contributed by atoms with Gasteiger partial charge in [-0.15, -0.1) is 0 Å². The lowest BCUT2D eigenvalue weighted by Crippen LogP contribution is -2.43. The van der Waals surface area contributed by atoms with E-state index in [1.807, 2.05) is 13.8 Å². The average molecular weight is 419 g/mol. The third-order valence-corrected chi connectivity index (χ3v) is 5.63. The molecule has 1 atom stereocenters. The SMILES string of the molecule is COc1ccc(S(=O)(=O)N[C@H](CC(C)C)C(=O)Oc2ccc(C(C)=O)cc2)cc1. The average Bonchev–Trinajstić information content (AvgIpc) is 2.67. The van der Waals surface area contributed by atoms with Crippen LogP contribution in [0.3, 0.4) is 0 Å². The summed E-state index contributed by atoms with van der Waals surface area (Å²) in [6, 6.07) is 10.9. The molecule has 0 aliphatic rings. The second kappa shape index (κ2) is 9.67. The van der Waals surface area contributed by atoms with E-state index in [0.29, 0.717) is 11.3 Å². The molecule has 156 valence electrons. The molecule has 0 bridgehead atoms. The summed E-state index contributed by atoms with van der Waals surface area (Å²) >= 11 is 0. The molecular formula is C21H25NO6S. The van der Waals surface area contributed by atoms with Gasteiger partial charge in [-0.3, -0.25) is 4.79 Å². The van der Waals surface area contributed by atoms with Gasteiger partial charge in [0.05, 0.1) is 12.0 Å². The van der Waals surface area contributed by atoms with Crippen LogP contribution in [-0.4, -0.2) is 33.3 Å². The lowest BCUT2D eigenvalue weighted by atomic mass is 10.0. The quantitative estimate of drug-likeness (QED) is 0.381. The van der Waals surface area contributed by atoms with Crippen molar-refractivity contribution in [3.63, 3.8) is 0 Å². The molecule has 0 unspecified atom stereocenters. The maximum atomic E-state index is 12.7. The molecule has 0 aliphatic carbocycles. The van der Waals surface area contributed by atoms with E-state index in [9.17, 15) is 18.0 Å². The fourth-order valence-electron chi connectivity index (χ4n) is 2.62. The molecule has 0 radical (unpaired) electrons. The normalized spacial score (nSPS) is 12.4. The summed E-state index contributed by atoms with van der Waals surface area (Å²) in [5.41, 5.74) is 0.490. The van der Waals surface area contributed by atoms with Crippen molar-refractivity contribution in [3.8, 4) is 11.5 Å². The van der Waals surface area contributed by atoms with Crippen LogP contribution in [0.5, 0.6) is 11.5 Å². The van der Waals surface area contributed by atoms with E-state index in [1.165, 1.54) is 50.4 Å². The number of Topliss-reactive ketones (excluding diaryl/α,β-unsaturated/α-hetero) is 1. The smallest absolute Gasteiger partial charge is 0.329 e. The van der Waals surface area contributed by atoms with E-state index in [0.717, 1.165) is 0 Å². The Morgan fingerprint density at radius 1 is 0.966 bits per heavy atom. The number of carbonyl (C=O) groups is 2. The minimum absolute atomic E-state index is 0.0191. The van der Waals surface area contributed by atoms with Gasteiger partial charge in [0.15, 0.2) is 5.78 Å². The molecule has 7 nitrogen and oxygen atoms in total. The first-order valence-corrected chi connectivity index (χ1v) is 10.6. The molecule has 0 aromatic heterocycles. The molecule has 0 aliphatic heterocycles. The van der Waals surface area contributed by atoms with E-state index in [1.54, 1.807) is 12.1 Å². The number of rotatable bonds is 9. The number of ketones is 1. The molecule has 8 heteroatoms. The number of hydrogen-bond acceptors (Lipinski definition) is 6. The first-order chi connectivity index (χ1) is 13.6. The Morgan fingerprint density at radius 3 is 2.00 bits per heavy atom. The van der Waals surface area contributed by atoms with Gasteiger partial charge in [-0.2, -0.15) is 4.72 Å². The molecule has 0 saturated heterocycles. The Bertz CT molecular complexity index is 950. The number of esters is 1. The van der Waals surface area contributed by atoms with Gasteiger partial charge in [0.1, 0.15) is 17.5 Å². The van der Waals surface area contributed by atoms with Gasteiger partial charge in [-0.1, -0.05) is 13.8 Å². The number of carbonyl (C=O) groups excluding carboxylic acids is 2. The molecule has 2 aromatic carbocycles. The first-order valence-electron chi connectivity index (χ1n) is 9.11. The van der Waals surface area contributed by atoms with Crippen molar-refractivity contribution in [1.29, 1.82) is 0 Å². The van der Waals surface area contributed by atoms with Crippen LogP contribution in [0.4, 0.5) is 0 Å². The van der Waals surface area contributed by atoms with Crippen LogP contribution in [-0.2, 0) is 14.8 Å². The van der Waals surface area contributed by atoms with E-state index >= 15 is 0 Å². The topological polar surface area (TPSA) is 98.8 Å². The third kappa shape index (κ3) is 6.40. The van der Waals surface area contributed by atoms with Crippen LogP contribution in [0.25, 0.3) is 0 Å². The molecule has 29 heavy (non-hydrogen) atoms. The van der Waals surface area contributed by atoms with Gasteiger partial charge in [-0.25, -0.2) is 13.2 Å². The molecule has 0 fully saturated rings. The first kappa shape index (κ1) is 22.6. The number of nitrogens with one attached hydrogen (secondary N) is 1. The minimum atomic E-state index is -3.94. The van der Waals surface area contributed by atoms with Crippen LogP contribution in [0.1, 0.15) is 37.6 Å². The van der Waals surface area contributed by atoms with Gasteiger partial charge < -0.3 is 9.47 Å². The highest BCUT2D eigenvalue weighted by molar-refractivity contribution is 7.89. The van der Waals surface area contributed by atoms with Crippen molar-refractivity contribution in [2.24, 2.45) is 5.92 Å². The third-order valence-electron chi connectivity index (χ3n) is 4.14.